The van der Waals surface area contributed by atoms with Crippen LogP contribution in [0.4, 0.5) is 0 Å². The SMILES string of the molecule is C=C[C@H]1c2ccccc2-c2ccc(C(N)/C=C(\C)C(=C)/C=C(\C=C/C)C(/C=C\C)=C/C)cc21. The minimum atomic E-state index is -0.212. The number of nitrogens with two attached hydrogens (primary N) is 1. The van der Waals surface area contributed by atoms with Crippen molar-refractivity contribution in [1.29, 1.82) is 0 Å². The van der Waals surface area contributed by atoms with Crippen LogP contribution in [-0.4, -0.2) is 0 Å². The summed E-state index contributed by atoms with van der Waals surface area (Å²) in [4.78, 5) is 0. The second-order valence-corrected chi connectivity index (χ2v) is 8.39. The first-order chi connectivity index (χ1) is 15.9. The Kier molecular flexibility index (Phi) is 8.03. The predicted octanol–water partition coefficient (Wildman–Crippen LogP) is 8.51. The van der Waals surface area contributed by atoms with Gasteiger partial charge in [-0.25, -0.2) is 0 Å². The normalized spacial score (nSPS) is 17.4. The number of fused-ring (bicyclic) bond motifs is 3. The Morgan fingerprint density at radius 2 is 1.61 bits per heavy atom. The molecule has 0 fully saturated rings. The summed E-state index contributed by atoms with van der Waals surface area (Å²) in [7, 11) is 0. The molecule has 0 saturated carbocycles. The third kappa shape index (κ3) is 5.16. The van der Waals surface area contributed by atoms with E-state index in [2.05, 4.69) is 112 Å². The standard InChI is InChI=1S/C32H35N/c1-7-13-24(9-3)25(14-8-2)19-22(5)23(6)20-32(33)26-17-18-30-29-16-12-11-15-28(29)27(10-4)31(30)21-26/h7-21,27,32H,4-5,33H2,1-3,6H3/b13-7-,14-8-,23-20+,24-9+,25-19+/t27-,32?/m0/s1. The molecular weight excluding hydrogens is 398 g/mol. The number of allylic oxidation sites excluding steroid dienone is 11. The van der Waals surface area contributed by atoms with Gasteiger partial charge >= 0.3 is 0 Å². The van der Waals surface area contributed by atoms with Gasteiger partial charge in [-0.2, -0.15) is 0 Å². The number of rotatable bonds is 8. The van der Waals surface area contributed by atoms with Gasteiger partial charge in [0, 0.05) is 12.0 Å². The first-order valence-electron chi connectivity index (χ1n) is 11.6. The second-order valence-electron chi connectivity index (χ2n) is 8.39. The van der Waals surface area contributed by atoms with Crippen LogP contribution < -0.4 is 5.73 Å². The molecule has 1 nitrogen and oxygen atoms in total. The molecule has 0 aromatic heterocycles. The predicted molar refractivity (Wildman–Crippen MR) is 145 cm³/mol. The second kappa shape index (κ2) is 10.9. The Hall–Kier alpha value is -3.42. The van der Waals surface area contributed by atoms with Gasteiger partial charge < -0.3 is 5.73 Å². The third-order valence-electron chi connectivity index (χ3n) is 6.22. The Bertz CT molecular complexity index is 1200. The van der Waals surface area contributed by atoms with Gasteiger partial charge in [-0.3, -0.25) is 0 Å². The van der Waals surface area contributed by atoms with Crippen molar-refractivity contribution in [1.82, 2.24) is 0 Å². The molecule has 168 valence electrons. The monoisotopic (exact) mass is 433 g/mol. The third-order valence-corrected chi connectivity index (χ3v) is 6.22. The van der Waals surface area contributed by atoms with Gasteiger partial charge in [0.2, 0.25) is 0 Å². The molecule has 0 bridgehead atoms. The molecule has 0 saturated heterocycles. The van der Waals surface area contributed by atoms with E-state index in [-0.39, 0.29) is 12.0 Å². The molecule has 0 radical (unpaired) electrons. The van der Waals surface area contributed by atoms with Crippen molar-refractivity contribution in [3.8, 4) is 11.1 Å². The van der Waals surface area contributed by atoms with Crippen LogP contribution in [0.15, 0.2) is 127 Å². The summed E-state index contributed by atoms with van der Waals surface area (Å²) in [5, 5.41) is 0. The fraction of sp³-hybridized carbons (Fsp3) is 0.188. The Morgan fingerprint density at radius 1 is 0.939 bits per heavy atom. The van der Waals surface area contributed by atoms with Gasteiger partial charge in [0.05, 0.1) is 0 Å². The van der Waals surface area contributed by atoms with Crippen molar-refractivity contribution < 1.29 is 0 Å². The highest BCUT2D eigenvalue weighted by Gasteiger charge is 2.26. The summed E-state index contributed by atoms with van der Waals surface area (Å²) in [5.41, 5.74) is 17.2. The first kappa shape index (κ1) is 24.2. The van der Waals surface area contributed by atoms with Gasteiger partial charge in [0.15, 0.2) is 0 Å². The van der Waals surface area contributed by atoms with Gasteiger partial charge in [0.25, 0.3) is 0 Å². The fourth-order valence-electron chi connectivity index (χ4n) is 4.45. The Balaban J connectivity index is 1.90. The molecule has 3 rings (SSSR count). The van der Waals surface area contributed by atoms with Crippen molar-refractivity contribution in [2.45, 2.75) is 39.7 Å². The highest BCUT2D eigenvalue weighted by atomic mass is 14.6. The van der Waals surface area contributed by atoms with E-state index in [4.69, 9.17) is 5.73 Å². The van der Waals surface area contributed by atoms with Crippen LogP contribution >= 0.6 is 0 Å². The smallest absolute Gasteiger partial charge is 0.0487 e. The largest absolute Gasteiger partial charge is 0.321 e. The van der Waals surface area contributed by atoms with Gasteiger partial charge in [-0.05, 0) is 83.9 Å². The van der Waals surface area contributed by atoms with Gasteiger partial charge in [0.1, 0.15) is 0 Å². The summed E-state index contributed by atoms with van der Waals surface area (Å²) in [6.07, 6.45) is 16.7. The molecule has 1 unspecified atom stereocenters. The number of benzene rings is 2. The van der Waals surface area contributed by atoms with Crippen LogP contribution in [0, 0.1) is 0 Å². The van der Waals surface area contributed by atoms with Crippen LogP contribution in [-0.2, 0) is 0 Å². The minimum absolute atomic E-state index is 0.209. The molecule has 33 heavy (non-hydrogen) atoms. The zero-order valence-corrected chi connectivity index (χ0v) is 20.3. The van der Waals surface area contributed by atoms with Crippen molar-refractivity contribution in [3.63, 3.8) is 0 Å². The van der Waals surface area contributed by atoms with E-state index in [1.807, 2.05) is 19.9 Å². The van der Waals surface area contributed by atoms with Crippen molar-refractivity contribution in [3.05, 3.63) is 143 Å². The average Bonchev–Trinajstić information content (AvgIpc) is 3.15. The highest BCUT2D eigenvalue weighted by molar-refractivity contribution is 5.80. The zero-order valence-electron chi connectivity index (χ0n) is 20.3. The van der Waals surface area contributed by atoms with E-state index in [9.17, 15) is 0 Å². The zero-order chi connectivity index (χ0) is 24.0. The Morgan fingerprint density at radius 3 is 2.27 bits per heavy atom. The van der Waals surface area contributed by atoms with E-state index in [0.29, 0.717) is 0 Å². The minimum Gasteiger partial charge on any atom is -0.321 e. The molecule has 0 aliphatic heterocycles. The van der Waals surface area contributed by atoms with Gasteiger partial charge in [-0.1, -0.05) is 91.6 Å². The van der Waals surface area contributed by atoms with Crippen LogP contribution in [0.5, 0.6) is 0 Å². The summed E-state index contributed by atoms with van der Waals surface area (Å²) in [6.45, 7) is 16.6. The van der Waals surface area contributed by atoms with Crippen LogP contribution in [0.3, 0.4) is 0 Å². The van der Waals surface area contributed by atoms with E-state index >= 15 is 0 Å². The van der Waals surface area contributed by atoms with Crippen LogP contribution in [0.2, 0.25) is 0 Å². The quantitative estimate of drug-likeness (QED) is 0.328. The van der Waals surface area contributed by atoms with E-state index in [0.717, 1.165) is 22.3 Å². The lowest BCUT2D eigenvalue weighted by molar-refractivity contribution is 0.896. The summed E-state index contributed by atoms with van der Waals surface area (Å²) in [6, 6.07) is 14.9. The van der Waals surface area contributed by atoms with E-state index in [1.54, 1.807) is 0 Å². The first-order valence-corrected chi connectivity index (χ1v) is 11.6. The van der Waals surface area contributed by atoms with Crippen molar-refractivity contribution >= 4 is 0 Å². The maximum absolute atomic E-state index is 6.64. The number of hydrogen-bond donors (Lipinski definition) is 1. The number of hydrogen-bond acceptors (Lipinski definition) is 1. The van der Waals surface area contributed by atoms with Crippen molar-refractivity contribution in [2.24, 2.45) is 5.73 Å². The van der Waals surface area contributed by atoms with E-state index < -0.39 is 0 Å². The lowest BCUT2D eigenvalue weighted by Crippen LogP contribution is -2.09. The summed E-state index contributed by atoms with van der Waals surface area (Å²) in [5.74, 6) is 0.209. The topological polar surface area (TPSA) is 26.0 Å². The molecule has 0 spiro atoms. The molecule has 1 aliphatic carbocycles. The average molecular weight is 434 g/mol. The van der Waals surface area contributed by atoms with E-state index in [1.165, 1.54) is 27.8 Å². The molecule has 1 aliphatic rings. The molecule has 2 aromatic carbocycles. The Labute approximate surface area is 199 Å². The molecular formula is C32H35N. The maximum Gasteiger partial charge on any atom is 0.0487 e. The highest BCUT2D eigenvalue weighted by Crippen LogP contribution is 2.45. The molecule has 2 atom stereocenters. The van der Waals surface area contributed by atoms with Crippen LogP contribution in [0.1, 0.15) is 56.3 Å². The maximum atomic E-state index is 6.64. The lowest BCUT2D eigenvalue weighted by Gasteiger charge is -2.14. The summed E-state index contributed by atoms with van der Waals surface area (Å²) < 4.78 is 0. The van der Waals surface area contributed by atoms with Crippen LogP contribution in [0.25, 0.3) is 11.1 Å². The van der Waals surface area contributed by atoms with Crippen molar-refractivity contribution in [2.75, 3.05) is 0 Å². The molecule has 2 N–H and O–H groups in total. The molecule has 0 amide bonds. The molecule has 0 heterocycles. The fourth-order valence-corrected chi connectivity index (χ4v) is 4.45. The summed E-state index contributed by atoms with van der Waals surface area (Å²) >= 11 is 0. The molecule has 1 heteroatoms. The molecule has 2 aromatic rings. The van der Waals surface area contributed by atoms with Gasteiger partial charge in [-0.15, -0.1) is 6.58 Å². The lowest BCUT2D eigenvalue weighted by atomic mass is 9.93.